The van der Waals surface area contributed by atoms with Crippen LogP contribution >= 0.6 is 11.8 Å². The molecule has 1 aromatic heterocycles. The van der Waals surface area contributed by atoms with Gasteiger partial charge in [-0.25, -0.2) is 0 Å². The maximum Gasteiger partial charge on any atom is 0.319 e. The number of hydrogen-bond acceptors (Lipinski definition) is 5. The van der Waals surface area contributed by atoms with Crippen LogP contribution in [-0.2, 0) is 4.79 Å². The summed E-state index contributed by atoms with van der Waals surface area (Å²) in [7, 11) is 0. The van der Waals surface area contributed by atoms with E-state index >= 15 is 0 Å². The molecule has 0 aliphatic carbocycles. The molecule has 120 valence electrons. The number of aromatic nitrogens is 1. The molecule has 1 N–H and O–H groups in total. The van der Waals surface area contributed by atoms with Crippen molar-refractivity contribution in [1.82, 2.24) is 4.98 Å². The third-order valence-electron chi connectivity index (χ3n) is 3.51. The average Bonchev–Trinajstić information content (AvgIpc) is 2.54. The molecule has 0 spiro atoms. The van der Waals surface area contributed by atoms with E-state index in [-0.39, 0.29) is 0 Å². The highest BCUT2D eigenvalue weighted by molar-refractivity contribution is 8.01. The van der Waals surface area contributed by atoms with Gasteiger partial charge in [0, 0.05) is 22.9 Å². The van der Waals surface area contributed by atoms with Crippen molar-refractivity contribution in [2.24, 2.45) is 0 Å². The second kappa shape index (κ2) is 6.12. The molecule has 1 aliphatic rings. The van der Waals surface area contributed by atoms with Crippen LogP contribution in [0.25, 0.3) is 11.1 Å². The first-order valence-corrected chi connectivity index (χ1v) is 8.05. The predicted octanol–water partition coefficient (Wildman–Crippen LogP) is 3.48. The van der Waals surface area contributed by atoms with Crippen LogP contribution in [0.4, 0.5) is 0 Å². The largest absolute Gasteiger partial charge is 0.486 e. The van der Waals surface area contributed by atoms with Gasteiger partial charge in [0.25, 0.3) is 0 Å². The Labute approximate surface area is 138 Å². The first-order chi connectivity index (χ1) is 11.0. The zero-order valence-electron chi connectivity index (χ0n) is 12.9. The smallest absolute Gasteiger partial charge is 0.319 e. The topological polar surface area (TPSA) is 68.7 Å². The molecule has 5 nitrogen and oxygen atoms in total. The van der Waals surface area contributed by atoms with E-state index < -0.39 is 10.7 Å². The summed E-state index contributed by atoms with van der Waals surface area (Å²) in [5, 5.41) is 9.35. The van der Waals surface area contributed by atoms with E-state index in [1.807, 2.05) is 24.3 Å². The van der Waals surface area contributed by atoms with Crippen LogP contribution in [0.5, 0.6) is 11.5 Å². The summed E-state index contributed by atoms with van der Waals surface area (Å²) >= 11 is 1.30. The van der Waals surface area contributed by atoms with Gasteiger partial charge in [0.15, 0.2) is 11.5 Å². The summed E-state index contributed by atoms with van der Waals surface area (Å²) in [6, 6.07) is 7.54. The monoisotopic (exact) mass is 331 g/mol. The molecule has 2 heterocycles. The Hall–Kier alpha value is -2.21. The fourth-order valence-electron chi connectivity index (χ4n) is 2.22. The SMILES string of the molecule is CC(C)(Sc1ccncc1-c1ccc2c(c1)OCCO2)C(=O)O. The maximum atomic E-state index is 11.4. The second-order valence-electron chi connectivity index (χ2n) is 5.65. The average molecular weight is 331 g/mol. The molecular weight excluding hydrogens is 314 g/mol. The van der Waals surface area contributed by atoms with E-state index in [9.17, 15) is 9.90 Å². The Morgan fingerprint density at radius 3 is 2.70 bits per heavy atom. The molecule has 0 saturated heterocycles. The summed E-state index contributed by atoms with van der Waals surface area (Å²) < 4.78 is 10.2. The van der Waals surface area contributed by atoms with E-state index in [1.165, 1.54) is 11.8 Å². The van der Waals surface area contributed by atoms with Crippen molar-refractivity contribution in [2.45, 2.75) is 23.5 Å². The number of thioether (sulfide) groups is 1. The van der Waals surface area contributed by atoms with Crippen molar-refractivity contribution in [2.75, 3.05) is 13.2 Å². The minimum absolute atomic E-state index is 0.525. The van der Waals surface area contributed by atoms with Gasteiger partial charge in [-0.3, -0.25) is 9.78 Å². The Morgan fingerprint density at radius 1 is 1.22 bits per heavy atom. The molecule has 3 rings (SSSR count). The standard InChI is InChI=1S/C17H17NO4S/c1-17(2,16(19)20)23-15-5-6-18-10-12(15)11-3-4-13-14(9-11)22-8-7-21-13/h3-6,9-10H,7-8H2,1-2H3,(H,19,20). The van der Waals surface area contributed by atoms with E-state index in [2.05, 4.69) is 4.98 Å². The number of nitrogens with zero attached hydrogens (tertiary/aromatic N) is 1. The Kier molecular flexibility index (Phi) is 4.17. The van der Waals surface area contributed by atoms with Gasteiger partial charge in [0.2, 0.25) is 0 Å². The van der Waals surface area contributed by atoms with Gasteiger partial charge >= 0.3 is 5.97 Å². The molecule has 2 aromatic rings. The normalized spacial score (nSPS) is 13.7. The molecular formula is C17H17NO4S. The number of carboxylic acids is 1. The quantitative estimate of drug-likeness (QED) is 0.865. The number of rotatable bonds is 4. The lowest BCUT2D eigenvalue weighted by Crippen LogP contribution is -2.27. The van der Waals surface area contributed by atoms with Gasteiger partial charge in [-0.2, -0.15) is 0 Å². The minimum atomic E-state index is -0.927. The number of carboxylic acid groups (broad SMARTS) is 1. The lowest BCUT2D eigenvalue weighted by Gasteiger charge is -2.21. The van der Waals surface area contributed by atoms with E-state index in [4.69, 9.17) is 9.47 Å². The summed E-state index contributed by atoms with van der Waals surface area (Å²) in [5.74, 6) is 0.572. The number of ether oxygens (including phenoxy) is 2. The highest BCUT2D eigenvalue weighted by atomic mass is 32.2. The number of fused-ring (bicyclic) bond motifs is 1. The third-order valence-corrected chi connectivity index (χ3v) is 4.78. The number of benzene rings is 1. The summed E-state index contributed by atoms with van der Waals surface area (Å²) in [6.45, 7) is 4.45. The molecule has 0 bridgehead atoms. The fourth-order valence-corrected chi connectivity index (χ4v) is 3.26. The lowest BCUT2D eigenvalue weighted by atomic mass is 10.1. The van der Waals surface area contributed by atoms with E-state index in [0.29, 0.717) is 19.0 Å². The van der Waals surface area contributed by atoms with Crippen molar-refractivity contribution in [3.8, 4) is 22.6 Å². The number of hydrogen-bond donors (Lipinski definition) is 1. The van der Waals surface area contributed by atoms with Gasteiger partial charge in [0.05, 0.1) is 0 Å². The highest BCUT2D eigenvalue weighted by Crippen LogP contribution is 2.41. The van der Waals surface area contributed by atoms with Crippen LogP contribution in [0.3, 0.4) is 0 Å². The molecule has 0 fully saturated rings. The van der Waals surface area contributed by atoms with Gasteiger partial charge in [-0.15, -0.1) is 11.8 Å². The number of pyridine rings is 1. The fraction of sp³-hybridized carbons (Fsp3) is 0.294. The highest BCUT2D eigenvalue weighted by Gasteiger charge is 2.29. The van der Waals surface area contributed by atoms with Crippen LogP contribution in [-0.4, -0.2) is 34.0 Å². The van der Waals surface area contributed by atoms with Crippen LogP contribution < -0.4 is 9.47 Å². The lowest BCUT2D eigenvalue weighted by molar-refractivity contribution is -0.138. The van der Waals surface area contributed by atoms with Crippen LogP contribution in [0, 0.1) is 0 Å². The van der Waals surface area contributed by atoms with Crippen molar-refractivity contribution in [1.29, 1.82) is 0 Å². The molecule has 6 heteroatoms. The van der Waals surface area contributed by atoms with Gasteiger partial charge in [-0.1, -0.05) is 6.07 Å². The Balaban J connectivity index is 1.99. The molecule has 23 heavy (non-hydrogen) atoms. The molecule has 0 atom stereocenters. The molecule has 0 saturated carbocycles. The summed E-state index contributed by atoms with van der Waals surface area (Å²) in [5.41, 5.74) is 1.80. The second-order valence-corrected chi connectivity index (χ2v) is 7.31. The van der Waals surface area contributed by atoms with Crippen molar-refractivity contribution >= 4 is 17.7 Å². The number of carbonyl (C=O) groups is 1. The molecule has 1 aliphatic heterocycles. The van der Waals surface area contributed by atoms with E-state index in [1.54, 1.807) is 26.2 Å². The van der Waals surface area contributed by atoms with Crippen LogP contribution in [0.15, 0.2) is 41.6 Å². The van der Waals surface area contributed by atoms with Crippen molar-refractivity contribution in [3.05, 3.63) is 36.7 Å². The van der Waals surface area contributed by atoms with Crippen LogP contribution in [0.1, 0.15) is 13.8 Å². The first-order valence-electron chi connectivity index (χ1n) is 7.24. The van der Waals surface area contributed by atoms with Crippen molar-refractivity contribution in [3.63, 3.8) is 0 Å². The number of aliphatic carboxylic acids is 1. The molecule has 0 radical (unpaired) electrons. The van der Waals surface area contributed by atoms with Gasteiger partial charge in [0.1, 0.15) is 18.0 Å². The zero-order chi connectivity index (χ0) is 16.4. The predicted molar refractivity (Wildman–Crippen MR) is 88.2 cm³/mol. The minimum Gasteiger partial charge on any atom is -0.486 e. The summed E-state index contributed by atoms with van der Waals surface area (Å²) in [4.78, 5) is 16.4. The van der Waals surface area contributed by atoms with Gasteiger partial charge < -0.3 is 14.6 Å². The molecule has 1 aromatic carbocycles. The Morgan fingerprint density at radius 2 is 1.96 bits per heavy atom. The zero-order valence-corrected chi connectivity index (χ0v) is 13.7. The third kappa shape index (κ3) is 3.27. The Bertz CT molecular complexity index is 745. The molecule has 0 unspecified atom stereocenters. The van der Waals surface area contributed by atoms with Crippen molar-refractivity contribution < 1.29 is 19.4 Å². The molecule has 0 amide bonds. The van der Waals surface area contributed by atoms with Gasteiger partial charge in [-0.05, 0) is 37.6 Å². The van der Waals surface area contributed by atoms with Crippen LogP contribution in [0.2, 0.25) is 0 Å². The summed E-state index contributed by atoms with van der Waals surface area (Å²) in [6.07, 6.45) is 3.41. The maximum absolute atomic E-state index is 11.4. The van der Waals surface area contributed by atoms with E-state index in [0.717, 1.165) is 21.8 Å². The first kappa shape index (κ1) is 15.7.